The number of hydrogen-bond donors (Lipinski definition) is 3. The van der Waals surface area contributed by atoms with E-state index in [2.05, 4.69) is 5.32 Å². The fourth-order valence-corrected chi connectivity index (χ4v) is 2.34. The largest absolute Gasteiger partial charge is 0.616 e. The first kappa shape index (κ1) is 13.7. The van der Waals surface area contributed by atoms with Gasteiger partial charge in [0.15, 0.2) is 0 Å². The van der Waals surface area contributed by atoms with Crippen molar-refractivity contribution in [3.05, 3.63) is 29.3 Å². The first-order chi connectivity index (χ1) is 7.90. The van der Waals surface area contributed by atoms with Gasteiger partial charge in [-0.2, -0.15) is 0 Å². The summed E-state index contributed by atoms with van der Waals surface area (Å²) in [6.45, 7) is 1.74. The Bertz CT molecular complexity index is 410. The van der Waals surface area contributed by atoms with Crippen LogP contribution >= 0.6 is 0 Å². The van der Waals surface area contributed by atoms with Gasteiger partial charge >= 0.3 is 6.09 Å². The molecule has 5 nitrogen and oxygen atoms in total. The van der Waals surface area contributed by atoms with E-state index in [1.165, 1.54) is 0 Å². The van der Waals surface area contributed by atoms with Crippen LogP contribution in [0.5, 0.6) is 0 Å². The zero-order valence-electron chi connectivity index (χ0n) is 9.77. The minimum atomic E-state index is -1.09. The number of hydrogen-bond acceptors (Lipinski definition) is 3. The van der Waals surface area contributed by atoms with Crippen molar-refractivity contribution in [1.82, 2.24) is 5.32 Å². The number of amides is 1. The van der Waals surface area contributed by atoms with Gasteiger partial charge in [0.2, 0.25) is 0 Å². The van der Waals surface area contributed by atoms with Crippen molar-refractivity contribution in [2.75, 3.05) is 12.0 Å². The first-order valence-electron chi connectivity index (χ1n) is 5.08. The molecule has 0 saturated heterocycles. The molecule has 1 aromatic carbocycles. The number of carboxylic acid groups (broad SMARTS) is 1. The standard InChI is InChI=1S/C11H16N2O3S/c1-7(13-11(14)15)10-4-3-9(12)5-8(10)6-17(2)16/h3-5,7,13H,6,12H2,1-2H3,(H,14,15). The zero-order chi connectivity index (χ0) is 13.0. The average molecular weight is 256 g/mol. The minimum Gasteiger partial charge on any atom is -0.616 e. The van der Waals surface area contributed by atoms with Crippen molar-refractivity contribution >= 4 is 23.0 Å². The van der Waals surface area contributed by atoms with Crippen LogP contribution in [0.25, 0.3) is 0 Å². The number of carbonyl (C=O) groups is 1. The summed E-state index contributed by atoms with van der Waals surface area (Å²) in [7, 11) is 0. The summed E-state index contributed by atoms with van der Waals surface area (Å²) in [6, 6.07) is 4.85. The third-order valence-electron chi connectivity index (χ3n) is 2.33. The molecular weight excluding hydrogens is 240 g/mol. The lowest BCUT2D eigenvalue weighted by molar-refractivity contribution is 0.191. The Balaban J connectivity index is 3.00. The lowest BCUT2D eigenvalue weighted by Crippen LogP contribution is -2.25. The molecule has 0 aliphatic heterocycles. The molecular formula is C11H16N2O3S. The molecule has 0 spiro atoms. The fraction of sp³-hybridized carbons (Fsp3) is 0.364. The summed E-state index contributed by atoms with van der Waals surface area (Å²) in [4.78, 5) is 10.6. The van der Waals surface area contributed by atoms with Gasteiger partial charge in [0.1, 0.15) is 5.75 Å². The Labute approximate surface area is 103 Å². The minimum absolute atomic E-state index is 0.355. The van der Waals surface area contributed by atoms with Gasteiger partial charge in [-0.3, -0.25) is 0 Å². The summed E-state index contributed by atoms with van der Waals surface area (Å²) in [6.07, 6.45) is 0.514. The molecule has 17 heavy (non-hydrogen) atoms. The molecule has 2 atom stereocenters. The van der Waals surface area contributed by atoms with E-state index in [-0.39, 0.29) is 6.04 Å². The van der Waals surface area contributed by atoms with Crippen molar-refractivity contribution in [2.24, 2.45) is 0 Å². The second-order valence-corrected chi connectivity index (χ2v) is 5.28. The molecule has 0 aliphatic rings. The number of rotatable bonds is 4. The van der Waals surface area contributed by atoms with E-state index >= 15 is 0 Å². The van der Waals surface area contributed by atoms with Crippen molar-refractivity contribution in [3.8, 4) is 0 Å². The summed E-state index contributed by atoms with van der Waals surface area (Å²) in [5.41, 5.74) is 7.86. The van der Waals surface area contributed by atoms with E-state index in [1.807, 2.05) is 0 Å². The van der Waals surface area contributed by atoms with Crippen molar-refractivity contribution in [2.45, 2.75) is 18.7 Å². The predicted molar refractivity (Wildman–Crippen MR) is 68.2 cm³/mol. The molecule has 4 N–H and O–H groups in total. The number of nitrogens with two attached hydrogens (primary N) is 1. The Morgan fingerprint density at radius 3 is 2.82 bits per heavy atom. The van der Waals surface area contributed by atoms with E-state index in [1.54, 1.807) is 31.4 Å². The van der Waals surface area contributed by atoms with Crippen molar-refractivity contribution in [1.29, 1.82) is 0 Å². The molecule has 2 unspecified atom stereocenters. The molecule has 94 valence electrons. The Morgan fingerprint density at radius 1 is 1.65 bits per heavy atom. The molecule has 0 fully saturated rings. The normalized spacial score (nSPS) is 14.1. The van der Waals surface area contributed by atoms with E-state index in [0.717, 1.165) is 11.1 Å². The van der Waals surface area contributed by atoms with Gasteiger partial charge in [-0.1, -0.05) is 17.2 Å². The highest BCUT2D eigenvalue weighted by Gasteiger charge is 2.15. The number of benzene rings is 1. The Hall–Kier alpha value is -1.40. The third kappa shape index (κ3) is 4.16. The van der Waals surface area contributed by atoms with Crippen LogP contribution in [0, 0.1) is 0 Å². The van der Waals surface area contributed by atoms with Gasteiger partial charge in [0, 0.05) is 11.3 Å². The molecule has 0 saturated carbocycles. The maximum absolute atomic E-state index is 11.3. The van der Waals surface area contributed by atoms with Gasteiger partial charge in [-0.05, 0) is 24.6 Å². The molecule has 1 aromatic rings. The molecule has 0 aromatic heterocycles. The summed E-state index contributed by atoms with van der Waals surface area (Å²) in [5, 5.41) is 11.0. The number of nitrogens with one attached hydrogen (secondary N) is 1. The Morgan fingerprint density at radius 2 is 2.29 bits per heavy atom. The maximum Gasteiger partial charge on any atom is 0.405 e. The SMILES string of the molecule is CC(NC(=O)O)c1ccc(N)cc1C[S+](C)[O-]. The number of nitrogen functional groups attached to an aromatic ring is 1. The predicted octanol–water partition coefficient (Wildman–Crippen LogP) is 1.48. The monoisotopic (exact) mass is 256 g/mol. The number of anilines is 1. The van der Waals surface area contributed by atoms with Crippen LogP contribution in [0.4, 0.5) is 10.5 Å². The highest BCUT2D eigenvalue weighted by Crippen LogP contribution is 2.22. The quantitative estimate of drug-likeness (QED) is 0.561. The lowest BCUT2D eigenvalue weighted by Gasteiger charge is -2.17. The van der Waals surface area contributed by atoms with Gasteiger partial charge in [0.25, 0.3) is 0 Å². The second kappa shape index (κ2) is 5.79. The highest BCUT2D eigenvalue weighted by molar-refractivity contribution is 7.89. The fourth-order valence-electron chi connectivity index (χ4n) is 1.66. The molecule has 0 heterocycles. The average Bonchev–Trinajstić information content (AvgIpc) is 2.15. The van der Waals surface area contributed by atoms with E-state index in [4.69, 9.17) is 10.8 Å². The zero-order valence-corrected chi connectivity index (χ0v) is 10.6. The van der Waals surface area contributed by atoms with Gasteiger partial charge in [-0.15, -0.1) is 0 Å². The van der Waals surface area contributed by atoms with Gasteiger partial charge in [0.05, 0.1) is 12.3 Å². The lowest BCUT2D eigenvalue weighted by atomic mass is 10.0. The van der Waals surface area contributed by atoms with Gasteiger partial charge < -0.3 is 20.7 Å². The van der Waals surface area contributed by atoms with E-state index in [0.29, 0.717) is 11.4 Å². The van der Waals surface area contributed by atoms with Crippen LogP contribution in [0.15, 0.2) is 18.2 Å². The molecule has 0 radical (unpaired) electrons. The smallest absolute Gasteiger partial charge is 0.405 e. The van der Waals surface area contributed by atoms with Crippen LogP contribution in [0.1, 0.15) is 24.1 Å². The summed E-state index contributed by atoms with van der Waals surface area (Å²) >= 11 is -0.995. The first-order valence-corrected chi connectivity index (χ1v) is 6.80. The highest BCUT2D eigenvalue weighted by atomic mass is 32.2. The van der Waals surface area contributed by atoms with Crippen LogP contribution in [0.2, 0.25) is 0 Å². The van der Waals surface area contributed by atoms with Crippen LogP contribution in [-0.2, 0) is 16.9 Å². The van der Waals surface area contributed by atoms with Crippen molar-refractivity contribution in [3.63, 3.8) is 0 Å². The molecule has 1 amide bonds. The second-order valence-electron chi connectivity index (χ2n) is 3.85. The van der Waals surface area contributed by atoms with Crippen molar-refractivity contribution < 1.29 is 14.5 Å². The van der Waals surface area contributed by atoms with Crippen LogP contribution < -0.4 is 11.1 Å². The van der Waals surface area contributed by atoms with E-state index in [9.17, 15) is 9.35 Å². The topological polar surface area (TPSA) is 98.4 Å². The molecule has 6 heteroatoms. The van der Waals surface area contributed by atoms with Gasteiger partial charge in [-0.25, -0.2) is 4.79 Å². The summed E-state index contributed by atoms with van der Waals surface area (Å²) in [5.74, 6) is 0.367. The molecule has 0 bridgehead atoms. The summed E-state index contributed by atoms with van der Waals surface area (Å²) < 4.78 is 11.3. The molecule has 0 aliphatic carbocycles. The maximum atomic E-state index is 11.3. The van der Waals surface area contributed by atoms with Crippen LogP contribution in [-0.4, -0.2) is 22.0 Å². The van der Waals surface area contributed by atoms with Crippen LogP contribution in [0.3, 0.4) is 0 Å². The Kier molecular flexibility index (Phi) is 4.65. The van der Waals surface area contributed by atoms with E-state index < -0.39 is 17.3 Å². The third-order valence-corrected chi connectivity index (χ3v) is 3.05. The molecule has 1 rings (SSSR count).